The summed E-state index contributed by atoms with van der Waals surface area (Å²) < 4.78 is 104. The molecular weight excluding hydrogens is 1560 g/mol. The molecule has 2 aliphatic rings. The lowest BCUT2D eigenvalue weighted by atomic mass is 9.80. The highest BCUT2D eigenvalue weighted by atomic mass is 32.5. The van der Waals surface area contributed by atoms with Crippen LogP contribution in [-0.4, -0.2) is 162 Å². The van der Waals surface area contributed by atoms with Crippen LogP contribution in [-0.2, 0) is 72.7 Å². The molecule has 4 aromatic heterocycles. The van der Waals surface area contributed by atoms with Crippen LogP contribution in [0.15, 0.2) is 189 Å². The first-order valence-corrected chi connectivity index (χ1v) is 46.2. The van der Waals surface area contributed by atoms with Gasteiger partial charge in [0, 0.05) is 10.1 Å². The summed E-state index contributed by atoms with van der Waals surface area (Å²) in [6.07, 6.45) is -6.65. The van der Waals surface area contributed by atoms with Crippen molar-refractivity contribution in [2.45, 2.75) is 139 Å². The zero-order valence-corrected chi connectivity index (χ0v) is 69.6. The van der Waals surface area contributed by atoms with E-state index in [1.807, 2.05) is 113 Å². The third-order valence-corrected chi connectivity index (χ3v) is 32.1. The summed E-state index contributed by atoms with van der Waals surface area (Å²) in [4.78, 5) is 80.7. The van der Waals surface area contributed by atoms with Gasteiger partial charge in [0.05, 0.1) is 59.2 Å². The van der Waals surface area contributed by atoms with Gasteiger partial charge in [-0.15, -0.1) is 9.42 Å². The third-order valence-electron chi connectivity index (χ3n) is 20.3. The maximum absolute atomic E-state index is 13.9. The number of para-hydroxylation sites is 2. The minimum Gasteiger partial charge on any atom is -0.497 e. The summed E-state index contributed by atoms with van der Waals surface area (Å²) in [6.45, 7) is 13.8. The predicted molar refractivity (Wildman–Crippen MR) is 432 cm³/mol. The number of anilines is 3. The van der Waals surface area contributed by atoms with Gasteiger partial charge in [0.15, 0.2) is 82.4 Å². The molecule has 6 aromatic carbocycles. The Bertz CT molecular complexity index is 5040. The lowest BCUT2D eigenvalue weighted by Crippen LogP contribution is -2.51. The van der Waals surface area contributed by atoms with Crippen molar-refractivity contribution >= 4 is 101 Å². The van der Waals surface area contributed by atoms with Crippen LogP contribution >= 0.6 is 15.0 Å². The fourth-order valence-corrected chi connectivity index (χ4v) is 17.6. The molecule has 0 radical (unpaired) electrons. The van der Waals surface area contributed by atoms with E-state index in [-0.39, 0.29) is 59.5 Å². The van der Waals surface area contributed by atoms with E-state index in [4.69, 9.17) is 91.8 Å². The lowest BCUT2D eigenvalue weighted by molar-refractivity contribution is -0.118. The van der Waals surface area contributed by atoms with Gasteiger partial charge in [0.1, 0.15) is 65.4 Å². The van der Waals surface area contributed by atoms with E-state index in [1.165, 1.54) is 23.5 Å². The molecule has 0 bridgehead atoms. The molecule has 3 amide bonds. The molecule has 30 nitrogen and oxygen atoms in total. The molecule has 0 saturated carbocycles. The second kappa shape index (κ2) is 36.0. The number of nitriles is 1. The van der Waals surface area contributed by atoms with Crippen molar-refractivity contribution < 1.29 is 83.9 Å². The van der Waals surface area contributed by atoms with Gasteiger partial charge >= 0.3 is 15.0 Å². The van der Waals surface area contributed by atoms with Crippen LogP contribution in [0.25, 0.3) is 22.3 Å². The lowest BCUT2D eigenvalue weighted by Gasteiger charge is -2.42. The minimum atomic E-state index is -4.45. The zero-order valence-electron chi connectivity index (χ0n) is 65.0. The van der Waals surface area contributed by atoms with Crippen LogP contribution in [0, 0.1) is 11.3 Å². The number of rotatable bonds is 34. The van der Waals surface area contributed by atoms with Crippen LogP contribution < -0.4 is 34.9 Å². The average Bonchev–Trinajstić information content (AvgIpc) is 1.31. The van der Waals surface area contributed by atoms with Gasteiger partial charge in [-0.25, -0.2) is 19.9 Å². The Balaban J connectivity index is 0.965. The predicted octanol–water partition coefficient (Wildman–Crippen LogP) is 14.1. The third kappa shape index (κ3) is 19.3. The highest BCUT2D eigenvalue weighted by molar-refractivity contribution is 8.07. The Morgan fingerprint density at radius 2 is 1.07 bits per heavy atom. The Hall–Kier alpha value is -9.70. The van der Waals surface area contributed by atoms with Crippen molar-refractivity contribution in [3.63, 3.8) is 0 Å². The molecular formula is C79H91N12O18P2SSi2+. The van der Waals surface area contributed by atoms with E-state index in [0.29, 0.717) is 28.6 Å². The Morgan fingerprint density at radius 3 is 1.61 bits per heavy atom. The zero-order chi connectivity index (χ0) is 81.2. The number of ether oxygens (including phenoxy) is 7. The molecule has 10 aromatic rings. The number of aromatic nitrogens is 8. The average molecular weight is 1650 g/mol. The summed E-state index contributed by atoms with van der Waals surface area (Å²) in [6, 6.07) is 53.0. The Labute approximate surface area is 667 Å². The van der Waals surface area contributed by atoms with Gasteiger partial charge in [-0.3, -0.25) is 33.4 Å². The first-order chi connectivity index (χ1) is 54.5. The quantitative estimate of drug-likeness (QED) is 0.0126. The maximum atomic E-state index is 13.9. The smallest absolute Gasteiger partial charge is 0.497 e. The number of imidazole rings is 2. The topological polar surface area (TPSA) is 356 Å². The minimum absolute atomic E-state index is 0.0143. The number of hydrogen-bond acceptors (Lipinski definition) is 25. The molecule has 0 aliphatic carbocycles. The Kier molecular flexibility index (Phi) is 26.4. The van der Waals surface area contributed by atoms with E-state index >= 15 is 0 Å². The SMILES string of the molecule is COc1ccc(C(OC[C@H]2O[C@@H](n3cnc4c(NC(=O)c5ccccc5)ncnc43)[C@H](OP(=S)(OCCC#N)OC[C@H]3O[C@@H](n4cnc5c(NC(=O)COc6ccccc6)nc(NC(=O)COc6ccccc6)nc54)[C@H](O[Si](C)(C)C(C)(C)C)[C@@H]3O[P+](=O)O)[C@@H]2O[Si](C)(C)C(C)(C)C)(c2ccccc2)c2ccc(OC)cc2)cc1. The van der Waals surface area contributed by atoms with E-state index < -0.39 is 134 Å². The van der Waals surface area contributed by atoms with E-state index in [1.54, 1.807) is 110 Å². The summed E-state index contributed by atoms with van der Waals surface area (Å²) in [7, 11) is -6.36. The number of fused-ring (bicyclic) bond motifs is 2. The van der Waals surface area contributed by atoms with Crippen molar-refractivity contribution in [1.29, 1.82) is 5.26 Å². The van der Waals surface area contributed by atoms with E-state index in [9.17, 15) is 29.1 Å². The molecule has 35 heteroatoms. The fourth-order valence-electron chi connectivity index (χ4n) is 12.5. The van der Waals surface area contributed by atoms with Gasteiger partial charge in [-0.1, -0.05) is 151 Å². The van der Waals surface area contributed by atoms with Crippen molar-refractivity contribution in [1.82, 2.24) is 39.0 Å². The van der Waals surface area contributed by atoms with Crippen molar-refractivity contribution in [3.05, 3.63) is 211 Å². The van der Waals surface area contributed by atoms with Crippen LogP contribution in [0.3, 0.4) is 0 Å². The Morgan fingerprint density at radius 1 is 0.579 bits per heavy atom. The normalized spacial score (nSPS) is 19.4. The number of hydrogen-bond donors (Lipinski definition) is 4. The molecule has 2 fully saturated rings. The van der Waals surface area contributed by atoms with Crippen LogP contribution in [0.1, 0.15) is 87.5 Å². The van der Waals surface area contributed by atoms with Gasteiger partial charge in [-0.2, -0.15) is 15.2 Å². The number of nitrogens with one attached hydrogen (secondary N) is 3. The first-order valence-electron chi connectivity index (χ1n) is 36.7. The highest BCUT2D eigenvalue weighted by Crippen LogP contribution is 2.57. The van der Waals surface area contributed by atoms with Crippen LogP contribution in [0.4, 0.5) is 17.6 Å². The summed E-state index contributed by atoms with van der Waals surface area (Å²) >= 11 is 6.64. The largest absolute Gasteiger partial charge is 0.695 e. The maximum Gasteiger partial charge on any atom is 0.695 e. The molecule has 4 N–H and O–H groups in total. The summed E-state index contributed by atoms with van der Waals surface area (Å²) in [5, 5.41) is 17.6. The van der Waals surface area contributed by atoms with Gasteiger partial charge < -0.3 is 61.7 Å². The molecule has 12 rings (SSSR count). The van der Waals surface area contributed by atoms with Gasteiger partial charge in [-0.05, 0) is 125 Å². The molecule has 2 saturated heterocycles. The number of methoxy groups -OCH3 is 2. The van der Waals surface area contributed by atoms with Crippen LogP contribution in [0.5, 0.6) is 23.0 Å². The van der Waals surface area contributed by atoms with Crippen molar-refractivity contribution in [3.8, 4) is 29.1 Å². The summed E-state index contributed by atoms with van der Waals surface area (Å²) in [5.41, 5.74) is 1.49. The molecule has 6 heterocycles. The number of carbonyl (C=O) groups excluding carboxylic acids is 3. The highest BCUT2D eigenvalue weighted by Gasteiger charge is 2.58. The van der Waals surface area contributed by atoms with Crippen molar-refractivity contribution in [2.24, 2.45) is 0 Å². The van der Waals surface area contributed by atoms with Gasteiger partial charge in [0.25, 0.3) is 17.7 Å². The number of nitrogens with zero attached hydrogens (tertiary/aromatic N) is 9. The second-order valence-corrected chi connectivity index (χ2v) is 43.0. The number of carbonyl (C=O) groups is 3. The molecule has 2 unspecified atom stereocenters. The number of amides is 3. The standard InChI is InChI=1S/C79H90N12O18P2SSi2/c1-77(2,3)113(9,10)108-66-59(44-101-79(52-28-19-14-20-29-52,53-34-38-55(97-7)39-35-53)54-36-40-56(98-8)41-37-54)104-74(90-49-83-63-69(81-48-82-71(63)90)87-73(94)51-26-17-13-18-27-51)67(66)107-111(112,102-43-25-42-80)103-45-60-65(106-110(95)96)68(109-114(11,12)78(4,5)6)75(105-60)91-50-84-64-70(85-61(92)46-99-57-30-21-15-22-31-57)88-76(89-72(64)91)86-62(93)47-100-58-32-23-16-24-33-58/h13-24,26-41,48-50,59-60,65-68,74-75H,25,43-47H2,1-12H3,(H3-,81,82,85,86,87,88,89,92,93,94,95,96)/p+1/t59-,60-,65-,66-,67-,68-,74-,75-,111?/m1/s1. The van der Waals surface area contributed by atoms with E-state index in [0.717, 1.165) is 16.7 Å². The summed E-state index contributed by atoms with van der Waals surface area (Å²) in [5.74, 6) is -0.0893. The molecule has 10 atom stereocenters. The molecule has 114 heavy (non-hydrogen) atoms. The molecule has 2 aliphatic heterocycles. The molecule has 0 spiro atoms. The van der Waals surface area contributed by atoms with E-state index in [2.05, 4.69) is 65.9 Å². The monoisotopic (exact) mass is 1650 g/mol. The molecule has 598 valence electrons. The van der Waals surface area contributed by atoms with Crippen molar-refractivity contribution in [2.75, 3.05) is 63.2 Å². The number of benzene rings is 6. The first kappa shape index (κ1) is 83.7. The van der Waals surface area contributed by atoms with Gasteiger partial charge in [0.2, 0.25) is 5.95 Å². The van der Waals surface area contributed by atoms with Crippen LogP contribution in [0.2, 0.25) is 36.3 Å². The second-order valence-electron chi connectivity index (χ2n) is 29.9. The fraction of sp³-hybridized carbons (Fsp3) is 0.367.